The molecule has 2 heteroatoms. The molecular weight excluding hydrogens is 224 g/mol. The van der Waals surface area contributed by atoms with Crippen LogP contribution in [0.15, 0.2) is 35.3 Å². The number of rotatable bonds is 0. The number of hydrogen-bond donors (Lipinski definition) is 0. The SMILES string of the molecule is CC1=CC2=C([CH]C1C)Oc1cc(C)c(C)cc1O2. The van der Waals surface area contributed by atoms with Crippen LogP contribution in [-0.4, -0.2) is 0 Å². The topological polar surface area (TPSA) is 18.5 Å². The monoisotopic (exact) mass is 241 g/mol. The predicted molar refractivity (Wildman–Crippen MR) is 71.4 cm³/mol. The molecule has 1 aliphatic carbocycles. The molecule has 1 aromatic rings. The first-order valence-electron chi connectivity index (χ1n) is 6.29. The van der Waals surface area contributed by atoms with Crippen LogP contribution < -0.4 is 9.47 Å². The number of allylic oxidation sites excluding steroid dienone is 3. The summed E-state index contributed by atoms with van der Waals surface area (Å²) >= 11 is 0. The fourth-order valence-corrected chi connectivity index (χ4v) is 2.17. The molecule has 1 atom stereocenters. The fraction of sp³-hybridized carbons (Fsp3) is 0.312. The van der Waals surface area contributed by atoms with Gasteiger partial charge in [-0.25, -0.2) is 0 Å². The Hall–Kier alpha value is -1.70. The Morgan fingerprint density at radius 3 is 2.06 bits per heavy atom. The molecule has 0 amide bonds. The summed E-state index contributed by atoms with van der Waals surface area (Å²) in [4.78, 5) is 0. The van der Waals surface area contributed by atoms with Crippen molar-refractivity contribution < 1.29 is 9.47 Å². The van der Waals surface area contributed by atoms with Crippen molar-refractivity contribution in [1.82, 2.24) is 0 Å². The standard InChI is InChI=1S/C16H17O2/c1-9-5-13-14(6-10(9)2)18-16-8-12(4)11(3)7-15(16)17-13/h5-9H,1-4H3. The van der Waals surface area contributed by atoms with Gasteiger partial charge in [-0.2, -0.15) is 0 Å². The van der Waals surface area contributed by atoms with Gasteiger partial charge in [-0.1, -0.05) is 12.5 Å². The van der Waals surface area contributed by atoms with Gasteiger partial charge in [0.15, 0.2) is 23.0 Å². The molecule has 1 aliphatic heterocycles. The summed E-state index contributed by atoms with van der Waals surface area (Å²) in [6.07, 6.45) is 4.18. The normalized spacial score (nSPS) is 21.6. The third-order valence-electron chi connectivity index (χ3n) is 3.72. The lowest BCUT2D eigenvalue weighted by atomic mass is 9.92. The van der Waals surface area contributed by atoms with Crippen LogP contribution in [0.1, 0.15) is 25.0 Å². The van der Waals surface area contributed by atoms with Crippen molar-refractivity contribution in [3.05, 3.63) is 52.8 Å². The molecule has 3 rings (SSSR count). The van der Waals surface area contributed by atoms with Crippen molar-refractivity contribution in [2.24, 2.45) is 5.92 Å². The van der Waals surface area contributed by atoms with Crippen molar-refractivity contribution in [2.75, 3.05) is 0 Å². The Morgan fingerprint density at radius 1 is 0.889 bits per heavy atom. The van der Waals surface area contributed by atoms with E-state index in [1.807, 2.05) is 12.1 Å². The second-order valence-electron chi connectivity index (χ2n) is 5.16. The third-order valence-corrected chi connectivity index (χ3v) is 3.72. The summed E-state index contributed by atoms with van der Waals surface area (Å²) in [7, 11) is 0. The average Bonchev–Trinajstić information content (AvgIpc) is 2.31. The first-order chi connectivity index (χ1) is 8.54. The maximum atomic E-state index is 5.94. The minimum Gasteiger partial charge on any atom is -0.454 e. The largest absolute Gasteiger partial charge is 0.454 e. The van der Waals surface area contributed by atoms with Crippen molar-refractivity contribution in [2.45, 2.75) is 27.7 Å². The van der Waals surface area contributed by atoms with E-state index in [-0.39, 0.29) is 0 Å². The van der Waals surface area contributed by atoms with Gasteiger partial charge in [-0.05, 0) is 56.0 Å². The van der Waals surface area contributed by atoms with Gasteiger partial charge in [0.05, 0.1) is 0 Å². The van der Waals surface area contributed by atoms with Gasteiger partial charge in [0, 0.05) is 6.42 Å². The molecule has 2 aliphatic rings. The van der Waals surface area contributed by atoms with Crippen molar-refractivity contribution in [1.29, 1.82) is 0 Å². The van der Waals surface area contributed by atoms with Crippen LogP contribution in [-0.2, 0) is 0 Å². The van der Waals surface area contributed by atoms with Crippen molar-refractivity contribution >= 4 is 0 Å². The zero-order chi connectivity index (χ0) is 12.9. The fourth-order valence-electron chi connectivity index (χ4n) is 2.17. The van der Waals surface area contributed by atoms with Crippen LogP contribution in [0, 0.1) is 26.2 Å². The van der Waals surface area contributed by atoms with E-state index in [0.717, 1.165) is 23.0 Å². The van der Waals surface area contributed by atoms with Gasteiger partial charge in [-0.15, -0.1) is 0 Å². The summed E-state index contributed by atoms with van der Waals surface area (Å²) in [5, 5.41) is 0. The Morgan fingerprint density at radius 2 is 1.44 bits per heavy atom. The molecule has 18 heavy (non-hydrogen) atoms. The van der Waals surface area contributed by atoms with Gasteiger partial charge in [0.2, 0.25) is 0 Å². The Balaban J connectivity index is 2.02. The van der Waals surface area contributed by atoms with Gasteiger partial charge in [-0.3, -0.25) is 0 Å². The summed E-state index contributed by atoms with van der Waals surface area (Å²) in [6.45, 7) is 8.44. The smallest absolute Gasteiger partial charge is 0.170 e. The summed E-state index contributed by atoms with van der Waals surface area (Å²) < 4.78 is 11.9. The van der Waals surface area contributed by atoms with E-state index in [4.69, 9.17) is 9.47 Å². The lowest BCUT2D eigenvalue weighted by molar-refractivity contribution is 0.300. The molecule has 0 saturated carbocycles. The number of hydrogen-bond acceptors (Lipinski definition) is 2. The zero-order valence-corrected chi connectivity index (χ0v) is 11.2. The van der Waals surface area contributed by atoms with E-state index in [9.17, 15) is 0 Å². The molecule has 0 fully saturated rings. The number of fused-ring (bicyclic) bond motifs is 1. The van der Waals surface area contributed by atoms with Crippen molar-refractivity contribution in [3.8, 4) is 11.5 Å². The lowest BCUT2D eigenvalue weighted by Gasteiger charge is -2.28. The first kappa shape index (κ1) is 11.4. The zero-order valence-electron chi connectivity index (χ0n) is 11.2. The quantitative estimate of drug-likeness (QED) is 0.681. The van der Waals surface area contributed by atoms with E-state index < -0.39 is 0 Å². The summed E-state index contributed by atoms with van der Waals surface area (Å²) in [5.74, 6) is 3.68. The highest BCUT2D eigenvalue weighted by molar-refractivity contribution is 5.52. The number of aryl methyl sites for hydroxylation is 2. The molecule has 0 N–H and O–H groups in total. The average molecular weight is 241 g/mol. The minimum atomic E-state index is 0.403. The van der Waals surface area contributed by atoms with Crippen LogP contribution >= 0.6 is 0 Å². The Labute approximate surface area is 108 Å². The van der Waals surface area contributed by atoms with E-state index >= 15 is 0 Å². The molecule has 0 spiro atoms. The summed E-state index contributed by atoms with van der Waals surface area (Å²) in [6, 6.07) is 4.08. The molecule has 0 bridgehead atoms. The molecule has 93 valence electrons. The maximum Gasteiger partial charge on any atom is 0.170 e. The van der Waals surface area contributed by atoms with Crippen molar-refractivity contribution in [3.63, 3.8) is 0 Å². The van der Waals surface area contributed by atoms with E-state index in [2.05, 4.69) is 40.2 Å². The van der Waals surface area contributed by atoms with Gasteiger partial charge in [0.1, 0.15) is 0 Å². The first-order valence-corrected chi connectivity index (χ1v) is 6.29. The molecule has 0 saturated heterocycles. The molecule has 1 heterocycles. The second kappa shape index (κ2) is 3.91. The highest BCUT2D eigenvalue weighted by Crippen LogP contribution is 2.41. The highest BCUT2D eigenvalue weighted by atomic mass is 16.6. The molecule has 2 nitrogen and oxygen atoms in total. The van der Waals surface area contributed by atoms with Crippen LogP contribution in [0.2, 0.25) is 0 Å². The minimum absolute atomic E-state index is 0.403. The van der Waals surface area contributed by atoms with Gasteiger partial charge < -0.3 is 9.47 Å². The Kier molecular flexibility index (Phi) is 2.47. The molecule has 1 radical (unpaired) electrons. The molecule has 1 aromatic carbocycles. The van der Waals surface area contributed by atoms with Crippen LogP contribution in [0.3, 0.4) is 0 Å². The van der Waals surface area contributed by atoms with E-state index in [0.29, 0.717) is 5.92 Å². The van der Waals surface area contributed by atoms with E-state index in [1.165, 1.54) is 16.7 Å². The van der Waals surface area contributed by atoms with Gasteiger partial charge in [0.25, 0.3) is 0 Å². The molecule has 0 aromatic heterocycles. The molecular formula is C16H17O2. The lowest BCUT2D eigenvalue weighted by Crippen LogP contribution is -2.18. The number of ether oxygens (including phenoxy) is 2. The van der Waals surface area contributed by atoms with Crippen LogP contribution in [0.25, 0.3) is 0 Å². The highest BCUT2D eigenvalue weighted by Gasteiger charge is 2.26. The number of benzene rings is 1. The van der Waals surface area contributed by atoms with E-state index in [1.54, 1.807) is 0 Å². The predicted octanol–water partition coefficient (Wildman–Crippen LogP) is 4.09. The molecule has 1 unspecified atom stereocenters. The maximum absolute atomic E-state index is 5.94. The van der Waals surface area contributed by atoms with Crippen LogP contribution in [0.5, 0.6) is 11.5 Å². The summed E-state index contributed by atoms with van der Waals surface area (Å²) in [5.41, 5.74) is 3.73. The van der Waals surface area contributed by atoms with Gasteiger partial charge >= 0.3 is 0 Å². The third kappa shape index (κ3) is 1.72. The second-order valence-corrected chi connectivity index (χ2v) is 5.16. The van der Waals surface area contributed by atoms with Crippen LogP contribution in [0.4, 0.5) is 0 Å². The Bertz CT molecular complexity index is 579.